The minimum Gasteiger partial charge on any atom is -0.489 e. The van der Waals surface area contributed by atoms with Crippen molar-refractivity contribution in [2.24, 2.45) is 0 Å². The van der Waals surface area contributed by atoms with E-state index < -0.39 is 23.8 Å². The van der Waals surface area contributed by atoms with Crippen LogP contribution >= 0.6 is 0 Å². The molecule has 56 heavy (non-hydrogen) atoms. The highest BCUT2D eigenvalue weighted by Gasteiger charge is 2.22. The zero-order valence-electron chi connectivity index (χ0n) is 31.2. The van der Waals surface area contributed by atoms with Crippen molar-refractivity contribution in [3.05, 3.63) is 167 Å². The molecule has 5 aromatic carbocycles. The molecule has 282 valence electrons. The first-order valence-electron chi connectivity index (χ1n) is 18.0. The lowest BCUT2D eigenvalue weighted by Gasteiger charge is -2.12. The molecule has 0 radical (unpaired) electrons. The number of nitrogens with zero attached hydrogens (tertiary/aromatic N) is 2. The minimum absolute atomic E-state index is 0.222. The van der Waals surface area contributed by atoms with Crippen LogP contribution in [-0.2, 0) is 25.7 Å². The fourth-order valence-corrected chi connectivity index (χ4v) is 5.61. The van der Waals surface area contributed by atoms with Gasteiger partial charge in [-0.2, -0.15) is 5.10 Å². The van der Waals surface area contributed by atoms with Crippen LogP contribution in [0.5, 0.6) is 5.75 Å². The van der Waals surface area contributed by atoms with Crippen LogP contribution in [0.3, 0.4) is 0 Å². The standard InChI is InChI=1S/C45H40N4O7/c1-4-54-44(52)32-18-22-36(23-19-32)46-42(50)40(43(51)47-37-24-20-33(21-25-37)45(53)55-5-2)27-35-28-49(38-11-7-6-8-12-38)48-41(35)34-10-9-13-39(26-34)56-29-31-16-14-30(3)15-17-31/h6-28H,4-5,29H2,1-3H3,(H,46,50)(H,47,51). The van der Waals surface area contributed by atoms with Crippen molar-refractivity contribution in [2.45, 2.75) is 27.4 Å². The van der Waals surface area contributed by atoms with E-state index in [9.17, 15) is 19.2 Å². The lowest BCUT2D eigenvalue weighted by atomic mass is 10.0. The Morgan fingerprint density at radius 3 is 1.80 bits per heavy atom. The molecule has 11 nitrogen and oxygen atoms in total. The molecular weight excluding hydrogens is 709 g/mol. The molecule has 0 fully saturated rings. The van der Waals surface area contributed by atoms with E-state index in [1.807, 2.05) is 85.8 Å². The van der Waals surface area contributed by atoms with Gasteiger partial charge in [-0.1, -0.05) is 60.2 Å². The number of amides is 2. The zero-order chi connectivity index (χ0) is 39.4. The molecule has 1 aromatic heterocycles. The van der Waals surface area contributed by atoms with Crippen LogP contribution in [0.1, 0.15) is 51.3 Å². The number of ether oxygens (including phenoxy) is 3. The van der Waals surface area contributed by atoms with Crippen molar-refractivity contribution < 1.29 is 33.4 Å². The maximum atomic E-state index is 14.1. The molecule has 0 spiro atoms. The SMILES string of the molecule is CCOC(=O)c1ccc(NC(=O)C(=Cc2cn(-c3ccccc3)nc2-c2cccc(OCc3ccc(C)cc3)c2)C(=O)Nc2ccc(C(=O)OCC)cc2)cc1. The summed E-state index contributed by atoms with van der Waals surface area (Å²) in [4.78, 5) is 52.6. The average molecular weight is 749 g/mol. The summed E-state index contributed by atoms with van der Waals surface area (Å²) >= 11 is 0. The predicted octanol–water partition coefficient (Wildman–Crippen LogP) is 8.44. The van der Waals surface area contributed by atoms with Crippen LogP contribution in [0.15, 0.2) is 139 Å². The lowest BCUT2D eigenvalue weighted by Crippen LogP contribution is -2.25. The lowest BCUT2D eigenvalue weighted by molar-refractivity contribution is -0.118. The first-order valence-corrected chi connectivity index (χ1v) is 18.0. The number of aryl methyl sites for hydroxylation is 1. The number of aromatic nitrogens is 2. The van der Waals surface area contributed by atoms with Gasteiger partial charge in [-0.05, 0) is 105 Å². The van der Waals surface area contributed by atoms with Crippen LogP contribution in [0, 0.1) is 6.92 Å². The summed E-state index contributed by atoms with van der Waals surface area (Å²) in [5.74, 6) is -1.81. The molecule has 0 aliphatic carbocycles. The van der Waals surface area contributed by atoms with E-state index in [0.29, 0.717) is 51.7 Å². The van der Waals surface area contributed by atoms with Gasteiger partial charge in [0.05, 0.1) is 30.0 Å². The Kier molecular flexibility index (Phi) is 12.5. The molecule has 11 heteroatoms. The second-order valence-corrected chi connectivity index (χ2v) is 12.6. The maximum Gasteiger partial charge on any atom is 0.338 e. The molecule has 0 aliphatic heterocycles. The number of anilines is 2. The molecule has 0 saturated carbocycles. The van der Waals surface area contributed by atoms with Gasteiger partial charge < -0.3 is 24.8 Å². The van der Waals surface area contributed by atoms with Crippen molar-refractivity contribution in [1.82, 2.24) is 9.78 Å². The Morgan fingerprint density at radius 2 is 1.25 bits per heavy atom. The van der Waals surface area contributed by atoms with Gasteiger partial charge in [-0.3, -0.25) is 9.59 Å². The van der Waals surface area contributed by atoms with Crippen LogP contribution in [0.4, 0.5) is 11.4 Å². The Morgan fingerprint density at radius 1 is 0.679 bits per heavy atom. The van der Waals surface area contributed by atoms with E-state index in [-0.39, 0.29) is 18.8 Å². The smallest absolute Gasteiger partial charge is 0.338 e. The quantitative estimate of drug-likeness (QED) is 0.0490. The van der Waals surface area contributed by atoms with Crippen molar-refractivity contribution >= 4 is 41.2 Å². The zero-order valence-corrected chi connectivity index (χ0v) is 31.2. The van der Waals surface area contributed by atoms with Crippen molar-refractivity contribution in [3.63, 3.8) is 0 Å². The first-order chi connectivity index (χ1) is 27.2. The van der Waals surface area contributed by atoms with Gasteiger partial charge in [-0.15, -0.1) is 0 Å². The van der Waals surface area contributed by atoms with Crippen molar-refractivity contribution in [1.29, 1.82) is 0 Å². The average Bonchev–Trinajstić information content (AvgIpc) is 3.65. The largest absolute Gasteiger partial charge is 0.489 e. The van der Waals surface area contributed by atoms with Gasteiger partial charge in [0, 0.05) is 28.7 Å². The molecular formula is C45H40N4O7. The molecule has 0 saturated heterocycles. The molecule has 6 aromatic rings. The predicted molar refractivity (Wildman–Crippen MR) is 215 cm³/mol. The summed E-state index contributed by atoms with van der Waals surface area (Å²) in [7, 11) is 0. The van der Waals surface area contributed by atoms with Crippen molar-refractivity contribution in [2.75, 3.05) is 23.8 Å². The van der Waals surface area contributed by atoms with Crippen LogP contribution < -0.4 is 15.4 Å². The van der Waals surface area contributed by atoms with Gasteiger partial charge in [0.2, 0.25) is 0 Å². The molecule has 6 rings (SSSR count). The Labute approximate surface area is 324 Å². The summed E-state index contributed by atoms with van der Waals surface area (Å²) in [5.41, 5.74) is 5.67. The van der Waals surface area contributed by atoms with E-state index in [2.05, 4.69) is 10.6 Å². The van der Waals surface area contributed by atoms with E-state index in [1.54, 1.807) is 49.0 Å². The number of esters is 2. The number of para-hydroxylation sites is 1. The maximum absolute atomic E-state index is 14.1. The summed E-state index contributed by atoms with van der Waals surface area (Å²) in [6, 6.07) is 37.3. The second kappa shape index (κ2) is 18.2. The molecule has 0 bridgehead atoms. The third kappa shape index (κ3) is 9.83. The molecule has 2 N–H and O–H groups in total. The van der Waals surface area contributed by atoms with E-state index in [4.69, 9.17) is 19.3 Å². The summed E-state index contributed by atoms with van der Waals surface area (Å²) in [6.07, 6.45) is 3.22. The Balaban J connectivity index is 1.37. The highest BCUT2D eigenvalue weighted by atomic mass is 16.5. The number of hydrogen-bond donors (Lipinski definition) is 2. The monoisotopic (exact) mass is 748 g/mol. The summed E-state index contributed by atoms with van der Waals surface area (Å²) in [6.45, 7) is 6.27. The highest BCUT2D eigenvalue weighted by molar-refractivity contribution is 6.29. The fraction of sp³-hybridized carbons (Fsp3) is 0.133. The van der Waals surface area contributed by atoms with Gasteiger partial charge in [0.1, 0.15) is 23.6 Å². The first kappa shape index (κ1) is 38.5. The molecule has 2 amide bonds. The van der Waals surface area contributed by atoms with Gasteiger partial charge in [-0.25, -0.2) is 14.3 Å². The second-order valence-electron chi connectivity index (χ2n) is 12.6. The Bertz CT molecular complexity index is 2270. The van der Waals surface area contributed by atoms with E-state index in [1.165, 1.54) is 30.3 Å². The number of benzene rings is 5. The van der Waals surface area contributed by atoms with E-state index >= 15 is 0 Å². The third-order valence-corrected chi connectivity index (χ3v) is 8.49. The molecule has 0 aliphatic rings. The molecule has 1 heterocycles. The summed E-state index contributed by atoms with van der Waals surface area (Å²) < 4.78 is 18.0. The molecule has 0 atom stereocenters. The number of carbonyl (C=O) groups excluding carboxylic acids is 4. The normalized spacial score (nSPS) is 10.6. The van der Waals surface area contributed by atoms with Crippen LogP contribution in [-0.4, -0.2) is 46.7 Å². The van der Waals surface area contributed by atoms with Gasteiger partial charge >= 0.3 is 11.9 Å². The number of rotatable bonds is 14. The molecule has 0 unspecified atom stereocenters. The van der Waals surface area contributed by atoms with Crippen LogP contribution in [0.2, 0.25) is 0 Å². The minimum atomic E-state index is -0.719. The third-order valence-electron chi connectivity index (χ3n) is 8.49. The Hall–Kier alpha value is -7.27. The number of hydrogen-bond acceptors (Lipinski definition) is 8. The topological polar surface area (TPSA) is 138 Å². The van der Waals surface area contributed by atoms with Crippen LogP contribution in [0.25, 0.3) is 23.0 Å². The van der Waals surface area contributed by atoms with Crippen molar-refractivity contribution in [3.8, 4) is 22.7 Å². The van der Waals surface area contributed by atoms with Gasteiger partial charge in [0.25, 0.3) is 11.8 Å². The van der Waals surface area contributed by atoms with E-state index in [0.717, 1.165) is 16.8 Å². The highest BCUT2D eigenvalue weighted by Crippen LogP contribution is 2.30. The van der Waals surface area contributed by atoms with Gasteiger partial charge in [0.15, 0.2) is 0 Å². The summed E-state index contributed by atoms with van der Waals surface area (Å²) in [5, 5.41) is 10.5. The fourth-order valence-electron chi connectivity index (χ4n) is 5.61. The number of nitrogens with one attached hydrogen (secondary N) is 2. The number of carbonyl (C=O) groups is 4.